The van der Waals surface area contributed by atoms with Gasteiger partial charge in [-0.05, 0) is 30.7 Å². The molecule has 27 heavy (non-hydrogen) atoms. The summed E-state index contributed by atoms with van der Waals surface area (Å²) in [7, 11) is 1.59. The number of aromatic nitrogens is 2. The van der Waals surface area contributed by atoms with Crippen LogP contribution in [-0.2, 0) is 4.79 Å². The molecular weight excluding hydrogens is 366 g/mol. The Morgan fingerprint density at radius 2 is 2.04 bits per heavy atom. The highest BCUT2D eigenvalue weighted by atomic mass is 35.5. The number of carbonyl (C=O) groups is 1. The number of carbonyl (C=O) groups excluding carboxylic acids is 1. The average molecular weight is 384 g/mol. The van der Waals surface area contributed by atoms with Crippen LogP contribution in [0.5, 0.6) is 5.75 Å². The number of halogens is 1. The quantitative estimate of drug-likeness (QED) is 0.674. The van der Waals surface area contributed by atoms with Crippen molar-refractivity contribution in [3.05, 3.63) is 58.9 Å². The van der Waals surface area contributed by atoms with Crippen molar-refractivity contribution in [2.24, 2.45) is 0 Å². The van der Waals surface area contributed by atoms with E-state index in [0.29, 0.717) is 35.5 Å². The van der Waals surface area contributed by atoms with Gasteiger partial charge in [-0.1, -0.05) is 41.0 Å². The summed E-state index contributed by atoms with van der Waals surface area (Å²) in [4.78, 5) is 18.8. The van der Waals surface area contributed by atoms with Crippen molar-refractivity contribution >= 4 is 23.2 Å². The third-order valence-electron chi connectivity index (χ3n) is 4.73. The molecule has 1 unspecified atom stereocenters. The fraction of sp³-hybridized carbons (Fsp3) is 0.250. The molecule has 1 aliphatic rings. The molecule has 7 heteroatoms. The van der Waals surface area contributed by atoms with Gasteiger partial charge in [0.2, 0.25) is 5.91 Å². The van der Waals surface area contributed by atoms with Gasteiger partial charge in [0, 0.05) is 18.9 Å². The van der Waals surface area contributed by atoms with Crippen LogP contribution in [0.15, 0.2) is 47.0 Å². The van der Waals surface area contributed by atoms with E-state index < -0.39 is 0 Å². The molecule has 1 fully saturated rings. The van der Waals surface area contributed by atoms with E-state index in [1.807, 2.05) is 43.3 Å². The summed E-state index contributed by atoms with van der Waals surface area (Å²) in [5, 5.41) is 4.67. The Bertz CT molecular complexity index is 981. The predicted molar refractivity (Wildman–Crippen MR) is 102 cm³/mol. The van der Waals surface area contributed by atoms with Gasteiger partial charge in [-0.25, -0.2) is 0 Å². The highest BCUT2D eigenvalue weighted by molar-refractivity contribution is 6.34. The molecule has 1 aromatic heterocycles. The summed E-state index contributed by atoms with van der Waals surface area (Å²) < 4.78 is 10.8. The standard InChI is InChI=1S/C20H18ClN3O3/c1-12-6-5-8-15(21)18(12)24-11-13(10-17(24)25)19-22-20(27-23-19)14-7-3-4-9-16(14)26-2/h3-9,13H,10-11H2,1-2H3. The first kappa shape index (κ1) is 17.5. The third-order valence-corrected chi connectivity index (χ3v) is 5.03. The Morgan fingerprint density at radius 3 is 2.81 bits per heavy atom. The van der Waals surface area contributed by atoms with Crippen LogP contribution in [0.25, 0.3) is 11.5 Å². The zero-order valence-electron chi connectivity index (χ0n) is 15.0. The van der Waals surface area contributed by atoms with E-state index in [4.69, 9.17) is 20.9 Å². The molecule has 0 N–H and O–H groups in total. The average Bonchev–Trinajstić information content (AvgIpc) is 3.29. The van der Waals surface area contributed by atoms with Crippen LogP contribution in [0, 0.1) is 6.92 Å². The molecule has 0 spiro atoms. The molecule has 6 nitrogen and oxygen atoms in total. The smallest absolute Gasteiger partial charge is 0.261 e. The van der Waals surface area contributed by atoms with Crippen LogP contribution in [0.3, 0.4) is 0 Å². The van der Waals surface area contributed by atoms with E-state index in [9.17, 15) is 4.79 Å². The van der Waals surface area contributed by atoms with Crippen LogP contribution >= 0.6 is 11.6 Å². The number of benzene rings is 2. The lowest BCUT2D eigenvalue weighted by Crippen LogP contribution is -2.25. The normalized spacial score (nSPS) is 16.8. The van der Waals surface area contributed by atoms with E-state index in [1.54, 1.807) is 18.1 Å². The van der Waals surface area contributed by atoms with Crippen LogP contribution < -0.4 is 9.64 Å². The topological polar surface area (TPSA) is 68.5 Å². The molecule has 1 atom stereocenters. The van der Waals surface area contributed by atoms with Crippen molar-refractivity contribution in [3.63, 3.8) is 0 Å². The molecule has 0 bridgehead atoms. The van der Waals surface area contributed by atoms with Crippen molar-refractivity contribution in [2.75, 3.05) is 18.6 Å². The predicted octanol–water partition coefficient (Wildman–Crippen LogP) is 4.23. The van der Waals surface area contributed by atoms with Crippen molar-refractivity contribution in [1.29, 1.82) is 0 Å². The number of nitrogens with zero attached hydrogens (tertiary/aromatic N) is 3. The second-order valence-electron chi connectivity index (χ2n) is 6.47. The molecule has 138 valence electrons. The molecule has 4 rings (SSSR count). The van der Waals surface area contributed by atoms with E-state index in [2.05, 4.69) is 10.1 Å². The van der Waals surface area contributed by atoms with Gasteiger partial charge in [-0.2, -0.15) is 4.98 Å². The lowest BCUT2D eigenvalue weighted by atomic mass is 10.1. The second kappa shape index (κ2) is 7.04. The highest BCUT2D eigenvalue weighted by Crippen LogP contribution is 2.37. The summed E-state index contributed by atoms with van der Waals surface area (Å²) in [6.45, 7) is 2.41. The molecule has 0 aliphatic carbocycles. The number of rotatable bonds is 4. The summed E-state index contributed by atoms with van der Waals surface area (Å²) >= 11 is 6.33. The molecule has 0 radical (unpaired) electrons. The van der Waals surface area contributed by atoms with E-state index in [-0.39, 0.29) is 11.8 Å². The third kappa shape index (κ3) is 3.17. The number of para-hydroxylation sites is 2. The first-order valence-electron chi connectivity index (χ1n) is 8.61. The van der Waals surface area contributed by atoms with Crippen molar-refractivity contribution in [2.45, 2.75) is 19.3 Å². The Labute approximate surface area is 161 Å². The van der Waals surface area contributed by atoms with E-state index >= 15 is 0 Å². The molecule has 3 aromatic rings. The van der Waals surface area contributed by atoms with Gasteiger partial charge in [-0.15, -0.1) is 0 Å². The Hall–Kier alpha value is -2.86. The number of hydrogen-bond donors (Lipinski definition) is 0. The lowest BCUT2D eigenvalue weighted by Gasteiger charge is -2.20. The summed E-state index contributed by atoms with van der Waals surface area (Å²) in [6, 6.07) is 13.0. The Morgan fingerprint density at radius 1 is 1.22 bits per heavy atom. The molecule has 2 heterocycles. The number of hydrogen-bond acceptors (Lipinski definition) is 5. The van der Waals surface area contributed by atoms with Crippen molar-refractivity contribution in [3.8, 4) is 17.2 Å². The van der Waals surface area contributed by atoms with Gasteiger partial charge in [-0.3, -0.25) is 4.79 Å². The first-order valence-corrected chi connectivity index (χ1v) is 8.98. The Balaban J connectivity index is 1.61. The largest absolute Gasteiger partial charge is 0.496 e. The molecule has 0 saturated carbocycles. The minimum atomic E-state index is -0.152. The SMILES string of the molecule is COc1ccccc1-c1nc(C2CC(=O)N(c3c(C)cccc3Cl)C2)no1. The van der Waals surface area contributed by atoms with Gasteiger partial charge in [0.1, 0.15) is 5.75 Å². The maximum absolute atomic E-state index is 12.6. The van der Waals surface area contributed by atoms with Gasteiger partial charge >= 0.3 is 0 Å². The summed E-state index contributed by atoms with van der Waals surface area (Å²) in [5.41, 5.74) is 2.43. The van der Waals surface area contributed by atoms with Gasteiger partial charge < -0.3 is 14.2 Å². The second-order valence-corrected chi connectivity index (χ2v) is 6.88. The maximum atomic E-state index is 12.6. The van der Waals surface area contributed by atoms with E-state index in [0.717, 1.165) is 16.8 Å². The Kier molecular flexibility index (Phi) is 4.58. The van der Waals surface area contributed by atoms with Gasteiger partial charge in [0.25, 0.3) is 5.89 Å². The fourth-order valence-electron chi connectivity index (χ4n) is 3.39. The monoisotopic (exact) mass is 383 g/mol. The zero-order chi connectivity index (χ0) is 19.0. The minimum absolute atomic E-state index is 0.000147. The first-order chi connectivity index (χ1) is 13.1. The zero-order valence-corrected chi connectivity index (χ0v) is 15.7. The maximum Gasteiger partial charge on any atom is 0.261 e. The van der Waals surface area contributed by atoms with Crippen LogP contribution in [0.2, 0.25) is 5.02 Å². The minimum Gasteiger partial charge on any atom is -0.496 e. The number of amides is 1. The molecule has 2 aromatic carbocycles. The van der Waals surface area contributed by atoms with Gasteiger partial charge in [0.05, 0.1) is 23.4 Å². The van der Waals surface area contributed by atoms with E-state index in [1.165, 1.54) is 0 Å². The van der Waals surface area contributed by atoms with Gasteiger partial charge in [0.15, 0.2) is 5.82 Å². The van der Waals surface area contributed by atoms with Crippen LogP contribution in [0.4, 0.5) is 5.69 Å². The molecule has 1 saturated heterocycles. The summed E-state index contributed by atoms with van der Waals surface area (Å²) in [5.74, 6) is 1.39. The molecule has 1 aliphatic heterocycles. The number of methoxy groups -OCH3 is 1. The van der Waals surface area contributed by atoms with Crippen LogP contribution in [-0.4, -0.2) is 29.7 Å². The number of ether oxygens (including phenoxy) is 1. The van der Waals surface area contributed by atoms with Crippen molar-refractivity contribution < 1.29 is 14.1 Å². The number of anilines is 1. The molecular formula is C20H18ClN3O3. The van der Waals surface area contributed by atoms with Crippen LogP contribution in [0.1, 0.15) is 23.7 Å². The highest BCUT2D eigenvalue weighted by Gasteiger charge is 2.36. The number of aryl methyl sites for hydroxylation is 1. The van der Waals surface area contributed by atoms with Crippen molar-refractivity contribution in [1.82, 2.24) is 10.1 Å². The lowest BCUT2D eigenvalue weighted by molar-refractivity contribution is -0.117. The summed E-state index contributed by atoms with van der Waals surface area (Å²) in [6.07, 6.45) is 0.315. The molecule has 1 amide bonds. The fourth-order valence-corrected chi connectivity index (χ4v) is 3.72.